The normalized spacial score (nSPS) is 14.3. The number of aromatic nitrogens is 1. The van der Waals surface area contributed by atoms with Crippen LogP contribution in [-0.4, -0.2) is 57.7 Å². The molecule has 1 aromatic heterocycles. The number of para-hydroxylation sites is 2. The first kappa shape index (κ1) is 33.1. The number of oxazole rings is 1. The van der Waals surface area contributed by atoms with E-state index in [9.17, 15) is 24.3 Å². The highest BCUT2D eigenvalue weighted by molar-refractivity contribution is 5.91. The van der Waals surface area contributed by atoms with Crippen LogP contribution in [0.25, 0.3) is 11.1 Å². The Hall–Kier alpha value is -4.45. The summed E-state index contributed by atoms with van der Waals surface area (Å²) in [5.41, 5.74) is 0.911. The number of benzene rings is 2. The summed E-state index contributed by atoms with van der Waals surface area (Å²) in [6.45, 7) is 10.0. The van der Waals surface area contributed by atoms with Crippen LogP contribution in [0.2, 0.25) is 0 Å². The molecule has 3 rings (SSSR count). The average molecular weight is 597 g/mol. The number of nitrogens with zero attached hydrogens (tertiary/aromatic N) is 1. The molecule has 4 atom stereocenters. The highest BCUT2D eigenvalue weighted by Crippen LogP contribution is 2.24. The second-order valence-electron chi connectivity index (χ2n) is 11.5. The third-order valence-electron chi connectivity index (χ3n) is 6.27. The summed E-state index contributed by atoms with van der Waals surface area (Å²) in [5, 5.41) is 18.8. The molecule has 1 heterocycles. The number of carbonyl (C=O) groups is 4. The molecule has 0 saturated carbocycles. The van der Waals surface area contributed by atoms with Crippen LogP contribution in [0.15, 0.2) is 59.0 Å². The lowest BCUT2D eigenvalue weighted by atomic mass is 10.0. The molecule has 0 aliphatic rings. The van der Waals surface area contributed by atoms with E-state index in [4.69, 9.17) is 13.9 Å². The summed E-state index contributed by atoms with van der Waals surface area (Å²) in [4.78, 5) is 55.6. The van der Waals surface area contributed by atoms with Gasteiger partial charge < -0.3 is 34.9 Å². The Bertz CT molecular complexity index is 1370. The van der Waals surface area contributed by atoms with E-state index >= 15 is 0 Å². The number of amides is 3. The number of fused-ring (bicyclic) bond motifs is 1. The van der Waals surface area contributed by atoms with E-state index in [0.29, 0.717) is 11.1 Å². The van der Waals surface area contributed by atoms with Crippen LogP contribution in [0.4, 0.5) is 4.79 Å². The first-order chi connectivity index (χ1) is 20.2. The number of aliphatic hydroxyl groups is 1. The standard InChI is InChI=1S/C31H40N4O8/c1-18(2)25(35-30(40)41-17-20-12-8-7-9-13-20)28(39)32-19(3)27(38)33-22(16-24(36)43-31(4,5)6)26(37)29-34-21-14-10-11-15-23(21)42-29/h7-15,18-19,22,25-26,37H,16-17H2,1-6H3,(H,32,39)(H,33,38)(H,35,40)/t19-,22-,25-,26?/m0/s1. The number of rotatable bonds is 12. The quantitative estimate of drug-likeness (QED) is 0.229. The van der Waals surface area contributed by atoms with Crippen LogP contribution < -0.4 is 16.0 Å². The molecule has 12 nitrogen and oxygen atoms in total. The Labute approximate surface area is 250 Å². The zero-order chi connectivity index (χ0) is 31.7. The minimum Gasteiger partial charge on any atom is -0.460 e. The second kappa shape index (κ2) is 14.6. The van der Waals surface area contributed by atoms with Crippen LogP contribution in [0.1, 0.15) is 65.5 Å². The number of hydrogen-bond donors (Lipinski definition) is 4. The molecule has 4 N–H and O–H groups in total. The summed E-state index contributed by atoms with van der Waals surface area (Å²) in [7, 11) is 0. The number of ether oxygens (including phenoxy) is 2. The molecule has 1 unspecified atom stereocenters. The minimum atomic E-state index is -1.50. The van der Waals surface area contributed by atoms with Gasteiger partial charge in [0.2, 0.25) is 17.7 Å². The first-order valence-electron chi connectivity index (χ1n) is 14.1. The van der Waals surface area contributed by atoms with Gasteiger partial charge in [-0.1, -0.05) is 56.3 Å². The molecule has 0 aliphatic carbocycles. The second-order valence-corrected chi connectivity index (χ2v) is 11.5. The van der Waals surface area contributed by atoms with Crippen LogP contribution in [-0.2, 0) is 30.5 Å². The zero-order valence-electron chi connectivity index (χ0n) is 25.2. The fourth-order valence-electron chi connectivity index (χ4n) is 4.10. The van der Waals surface area contributed by atoms with Crippen molar-refractivity contribution in [2.75, 3.05) is 0 Å². The largest absolute Gasteiger partial charge is 0.460 e. The van der Waals surface area contributed by atoms with Crippen molar-refractivity contribution in [3.05, 3.63) is 66.1 Å². The van der Waals surface area contributed by atoms with Crippen molar-refractivity contribution in [3.8, 4) is 0 Å². The predicted octanol–water partition coefficient (Wildman–Crippen LogP) is 3.53. The van der Waals surface area contributed by atoms with E-state index < -0.39 is 60.1 Å². The van der Waals surface area contributed by atoms with Gasteiger partial charge in [-0.3, -0.25) is 14.4 Å². The van der Waals surface area contributed by atoms with Gasteiger partial charge in [0.05, 0.1) is 12.5 Å². The summed E-state index contributed by atoms with van der Waals surface area (Å²) in [6, 6.07) is 12.7. The fraction of sp³-hybridized carbons (Fsp3) is 0.452. The van der Waals surface area contributed by atoms with Gasteiger partial charge in [-0.15, -0.1) is 0 Å². The molecule has 0 radical (unpaired) electrons. The molecule has 0 bridgehead atoms. The third-order valence-corrected chi connectivity index (χ3v) is 6.27. The average Bonchev–Trinajstić information content (AvgIpc) is 3.37. The van der Waals surface area contributed by atoms with Crippen molar-refractivity contribution in [2.45, 2.75) is 84.4 Å². The van der Waals surface area contributed by atoms with Crippen molar-refractivity contribution >= 4 is 35.0 Å². The maximum Gasteiger partial charge on any atom is 0.408 e. The molecule has 0 fully saturated rings. The van der Waals surface area contributed by atoms with Crippen molar-refractivity contribution in [1.29, 1.82) is 0 Å². The maximum atomic E-state index is 13.2. The van der Waals surface area contributed by atoms with Crippen LogP contribution in [0.5, 0.6) is 0 Å². The van der Waals surface area contributed by atoms with Gasteiger partial charge in [0.15, 0.2) is 11.7 Å². The Morgan fingerprint density at radius 3 is 2.19 bits per heavy atom. The molecule has 232 valence electrons. The lowest BCUT2D eigenvalue weighted by Gasteiger charge is -2.27. The van der Waals surface area contributed by atoms with Crippen molar-refractivity contribution < 1.29 is 38.2 Å². The smallest absolute Gasteiger partial charge is 0.408 e. The summed E-state index contributed by atoms with van der Waals surface area (Å²) in [5.74, 6) is -2.39. The summed E-state index contributed by atoms with van der Waals surface area (Å²) < 4.78 is 16.3. The van der Waals surface area contributed by atoms with Crippen LogP contribution >= 0.6 is 0 Å². The van der Waals surface area contributed by atoms with E-state index in [0.717, 1.165) is 5.56 Å². The maximum absolute atomic E-state index is 13.2. The van der Waals surface area contributed by atoms with E-state index in [-0.39, 0.29) is 18.4 Å². The SMILES string of the molecule is CC(C)[C@H](NC(=O)OCc1ccccc1)C(=O)N[C@@H](C)C(=O)N[C@@H](CC(=O)OC(C)(C)C)C(O)c1nc2ccccc2o1. The van der Waals surface area contributed by atoms with Gasteiger partial charge in [0.25, 0.3) is 0 Å². The Balaban J connectivity index is 1.67. The molecular formula is C31H40N4O8. The molecule has 12 heteroatoms. The Morgan fingerprint density at radius 1 is 0.907 bits per heavy atom. The summed E-state index contributed by atoms with van der Waals surface area (Å²) >= 11 is 0. The van der Waals surface area contributed by atoms with Crippen LogP contribution in [0.3, 0.4) is 0 Å². The Morgan fingerprint density at radius 2 is 1.56 bits per heavy atom. The highest BCUT2D eigenvalue weighted by Gasteiger charge is 2.33. The van der Waals surface area contributed by atoms with Gasteiger partial charge in [-0.2, -0.15) is 0 Å². The summed E-state index contributed by atoms with van der Waals surface area (Å²) in [6.07, 6.45) is -2.68. The van der Waals surface area contributed by atoms with Crippen molar-refractivity contribution in [3.63, 3.8) is 0 Å². The lowest BCUT2D eigenvalue weighted by Crippen LogP contribution is -2.56. The zero-order valence-corrected chi connectivity index (χ0v) is 25.2. The molecule has 43 heavy (non-hydrogen) atoms. The monoisotopic (exact) mass is 596 g/mol. The number of carbonyl (C=O) groups excluding carboxylic acids is 4. The first-order valence-corrected chi connectivity index (χ1v) is 14.1. The van der Waals surface area contributed by atoms with E-state index in [1.165, 1.54) is 6.92 Å². The number of alkyl carbamates (subject to hydrolysis) is 1. The van der Waals surface area contributed by atoms with Crippen molar-refractivity contribution in [1.82, 2.24) is 20.9 Å². The molecule has 3 amide bonds. The number of nitrogens with one attached hydrogen (secondary N) is 3. The van der Waals surface area contributed by atoms with E-state index in [1.54, 1.807) is 71.0 Å². The molecule has 0 saturated heterocycles. The van der Waals surface area contributed by atoms with Gasteiger partial charge in [0, 0.05) is 0 Å². The molecule has 2 aromatic carbocycles. The number of aliphatic hydroxyl groups excluding tert-OH is 1. The highest BCUT2D eigenvalue weighted by atomic mass is 16.6. The van der Waals surface area contributed by atoms with Gasteiger partial charge in [-0.25, -0.2) is 9.78 Å². The lowest BCUT2D eigenvalue weighted by molar-refractivity contribution is -0.156. The van der Waals surface area contributed by atoms with Crippen molar-refractivity contribution in [2.24, 2.45) is 5.92 Å². The number of hydrogen-bond acceptors (Lipinski definition) is 9. The Kier molecular flexibility index (Phi) is 11.2. The van der Waals surface area contributed by atoms with Crippen LogP contribution in [0, 0.1) is 5.92 Å². The molecule has 0 spiro atoms. The van der Waals surface area contributed by atoms with Gasteiger partial charge >= 0.3 is 12.1 Å². The molecular weight excluding hydrogens is 556 g/mol. The molecule has 0 aliphatic heterocycles. The number of esters is 1. The van der Waals surface area contributed by atoms with E-state index in [1.807, 2.05) is 18.2 Å². The van der Waals surface area contributed by atoms with Gasteiger partial charge in [0.1, 0.15) is 29.8 Å². The topological polar surface area (TPSA) is 169 Å². The third kappa shape index (κ3) is 10.1. The minimum absolute atomic E-state index is 0.0271. The van der Waals surface area contributed by atoms with Gasteiger partial charge in [-0.05, 0) is 51.3 Å². The predicted molar refractivity (Wildman–Crippen MR) is 157 cm³/mol. The molecule has 3 aromatic rings. The van der Waals surface area contributed by atoms with E-state index in [2.05, 4.69) is 20.9 Å². The fourth-order valence-corrected chi connectivity index (χ4v) is 4.10.